The van der Waals surface area contributed by atoms with Gasteiger partial charge in [0.15, 0.2) is 0 Å². The van der Waals surface area contributed by atoms with E-state index in [2.05, 4.69) is 64.1 Å². The zero-order valence-corrected chi connectivity index (χ0v) is 19.8. The maximum atomic E-state index is 4.85. The van der Waals surface area contributed by atoms with Crippen molar-refractivity contribution in [2.45, 2.75) is 55.0 Å². The molecule has 0 aliphatic rings. The summed E-state index contributed by atoms with van der Waals surface area (Å²) in [7, 11) is 9.71. The Hall–Kier alpha value is -0.887. The van der Waals surface area contributed by atoms with Gasteiger partial charge in [0.05, 0.1) is 17.4 Å². The molecule has 0 aliphatic carbocycles. The van der Waals surface area contributed by atoms with E-state index in [9.17, 15) is 0 Å². The van der Waals surface area contributed by atoms with Crippen LogP contribution in [0.25, 0.3) is 11.0 Å². The Kier molecular flexibility index (Phi) is 9.86. The van der Waals surface area contributed by atoms with Crippen LogP contribution in [0.15, 0.2) is 30.6 Å². The Morgan fingerprint density at radius 2 is 1.19 bits per heavy atom. The van der Waals surface area contributed by atoms with Crippen molar-refractivity contribution in [3.05, 3.63) is 64.0 Å². The van der Waals surface area contributed by atoms with Gasteiger partial charge in [-0.3, -0.25) is 0 Å². The van der Waals surface area contributed by atoms with Crippen LogP contribution in [0.3, 0.4) is 0 Å². The molecule has 0 aliphatic heterocycles. The normalized spacial score (nSPS) is 10.2. The molecule has 5 heteroatoms. The average Bonchev–Trinajstić information content (AvgIpc) is 3.08. The molecule has 0 saturated carbocycles. The fourth-order valence-electron chi connectivity index (χ4n) is 2.95. The minimum atomic E-state index is -0.346. The van der Waals surface area contributed by atoms with Crippen molar-refractivity contribution in [1.82, 2.24) is 9.55 Å². The number of halogens is 2. The van der Waals surface area contributed by atoms with Gasteiger partial charge in [-0.15, -0.1) is 0 Å². The third-order valence-corrected chi connectivity index (χ3v) is 5.24. The van der Waals surface area contributed by atoms with Crippen LogP contribution in [0.2, 0.25) is 0 Å². The number of hydrogen-bond donors (Lipinski definition) is 0. The van der Waals surface area contributed by atoms with E-state index in [0.717, 1.165) is 12.1 Å². The van der Waals surface area contributed by atoms with Gasteiger partial charge >= 0.3 is 34.5 Å². The van der Waals surface area contributed by atoms with Gasteiger partial charge < -0.3 is 4.57 Å². The third-order valence-electron chi connectivity index (χ3n) is 5.24. The van der Waals surface area contributed by atoms with Crippen LogP contribution in [0.4, 0.5) is 0 Å². The molecule has 26 heavy (non-hydrogen) atoms. The predicted molar refractivity (Wildman–Crippen MR) is 112 cm³/mol. The molecule has 2 aromatic carbocycles. The number of aryl methyl sites for hydroxylation is 1. The molecule has 0 fully saturated rings. The molecule has 0 unspecified atom stereocenters. The van der Waals surface area contributed by atoms with Crippen LogP contribution in [-0.2, 0) is 21.7 Å². The number of rotatable bonds is 1. The van der Waals surface area contributed by atoms with Gasteiger partial charge in [0.25, 0.3) is 0 Å². The van der Waals surface area contributed by atoms with Crippen LogP contribution in [-0.4, -0.2) is 9.55 Å². The first-order valence-corrected chi connectivity index (χ1v) is 13.1. The monoisotopic (exact) mass is 480 g/mol. The van der Waals surface area contributed by atoms with Gasteiger partial charge in [0, 0.05) is 6.54 Å². The Bertz CT molecular complexity index is 752. The Labute approximate surface area is 173 Å². The molecule has 0 radical (unpaired) electrons. The zero-order valence-electron chi connectivity index (χ0n) is 16.6. The van der Waals surface area contributed by atoms with Crippen molar-refractivity contribution in [3.63, 3.8) is 0 Å². The van der Waals surface area contributed by atoms with E-state index in [1.54, 1.807) is 0 Å². The van der Waals surface area contributed by atoms with E-state index in [-0.39, 0.29) is 15.1 Å². The van der Waals surface area contributed by atoms with E-state index < -0.39 is 0 Å². The van der Waals surface area contributed by atoms with Gasteiger partial charge in [-0.25, -0.2) is 4.98 Å². The summed E-state index contributed by atoms with van der Waals surface area (Å²) in [5.41, 5.74) is 11.0. The number of imidazole rings is 1. The summed E-state index contributed by atoms with van der Waals surface area (Å²) in [6, 6.07) is 8.17. The molecule has 1 heterocycles. The first-order chi connectivity index (χ1) is 12.3. The summed E-state index contributed by atoms with van der Waals surface area (Å²) < 4.78 is 2.13. The first-order valence-electron chi connectivity index (χ1n) is 8.58. The fourth-order valence-corrected chi connectivity index (χ4v) is 2.95. The van der Waals surface area contributed by atoms with E-state index in [1.807, 2.05) is 24.5 Å². The van der Waals surface area contributed by atoms with E-state index in [1.165, 1.54) is 38.9 Å². The standard InChI is InChI=1S/C12H18.C9H10N2.2ClH.Ru/c1-7-8(2)10(4)12(6)11(5)9(7)3;1-2-11-7-10-8-5-3-4-6-9(8)11;;;/h1-6H3;3-7H,2H2,1H3;2*1H;/q;;;;+2/p-2. The number of benzene rings is 2. The molecule has 0 amide bonds. The van der Waals surface area contributed by atoms with E-state index >= 15 is 0 Å². The minimum absolute atomic E-state index is 0.346. The summed E-state index contributed by atoms with van der Waals surface area (Å²) in [5, 5.41) is 0. The van der Waals surface area contributed by atoms with Gasteiger partial charge in [-0.1, -0.05) is 12.1 Å². The van der Waals surface area contributed by atoms with Crippen LogP contribution < -0.4 is 0 Å². The van der Waals surface area contributed by atoms with Crippen molar-refractivity contribution in [3.8, 4) is 0 Å². The van der Waals surface area contributed by atoms with Crippen molar-refractivity contribution in [2.75, 3.05) is 0 Å². The molecule has 2 nitrogen and oxygen atoms in total. The van der Waals surface area contributed by atoms with Crippen LogP contribution in [0, 0.1) is 41.5 Å². The number of nitrogens with zero attached hydrogens (tertiary/aromatic N) is 2. The Balaban J connectivity index is 0.000000227. The SMILES string of the molecule is CCn1cnc2ccccc21.Cc1c(C)c(C)c(C)c(C)c1C.[Cl][Ru][Cl]. The summed E-state index contributed by atoms with van der Waals surface area (Å²) in [6.45, 7) is 16.4. The van der Waals surface area contributed by atoms with E-state index in [4.69, 9.17) is 19.4 Å². The molecule has 3 aromatic rings. The molecule has 0 N–H and O–H groups in total. The molecular weight excluding hydrogens is 452 g/mol. The fraction of sp³-hybridized carbons (Fsp3) is 0.381. The van der Waals surface area contributed by atoms with Crippen molar-refractivity contribution in [1.29, 1.82) is 0 Å². The van der Waals surface area contributed by atoms with Crippen molar-refractivity contribution < 1.29 is 15.1 Å². The second-order valence-electron chi connectivity index (χ2n) is 6.32. The quantitative estimate of drug-likeness (QED) is 0.344. The van der Waals surface area contributed by atoms with Crippen LogP contribution in [0.1, 0.15) is 40.3 Å². The topological polar surface area (TPSA) is 17.8 Å². The zero-order chi connectivity index (χ0) is 19.9. The van der Waals surface area contributed by atoms with Crippen molar-refractivity contribution in [2.24, 2.45) is 0 Å². The summed E-state index contributed by atoms with van der Waals surface area (Å²) in [6.07, 6.45) is 1.88. The molecule has 3 rings (SSSR count). The average molecular weight is 480 g/mol. The van der Waals surface area contributed by atoms with Crippen molar-refractivity contribution >= 4 is 30.4 Å². The molecule has 0 atom stereocenters. The number of para-hydroxylation sites is 2. The second kappa shape index (κ2) is 11.1. The molecule has 0 saturated heterocycles. The third kappa shape index (κ3) is 5.55. The predicted octanol–water partition coefficient (Wildman–Crippen LogP) is 6.97. The molecule has 144 valence electrons. The molecular formula is C21H28Cl2N2Ru. The Morgan fingerprint density at radius 3 is 1.58 bits per heavy atom. The molecule has 0 bridgehead atoms. The summed E-state index contributed by atoms with van der Waals surface area (Å²) >= 11 is -0.346. The number of hydrogen-bond acceptors (Lipinski definition) is 1. The number of aromatic nitrogens is 2. The summed E-state index contributed by atoms with van der Waals surface area (Å²) in [4.78, 5) is 4.25. The summed E-state index contributed by atoms with van der Waals surface area (Å²) in [5.74, 6) is 0. The molecule has 0 spiro atoms. The number of fused-ring (bicyclic) bond motifs is 1. The van der Waals surface area contributed by atoms with Crippen LogP contribution in [0.5, 0.6) is 0 Å². The van der Waals surface area contributed by atoms with Gasteiger partial charge in [0.1, 0.15) is 0 Å². The van der Waals surface area contributed by atoms with Crippen LogP contribution >= 0.6 is 19.4 Å². The van der Waals surface area contributed by atoms with Gasteiger partial charge in [-0.2, -0.15) is 0 Å². The second-order valence-corrected chi connectivity index (χ2v) is 8.96. The van der Waals surface area contributed by atoms with E-state index in [0.29, 0.717) is 0 Å². The maximum absolute atomic E-state index is 4.85. The van der Waals surface area contributed by atoms with Gasteiger partial charge in [-0.05, 0) is 94.0 Å². The Morgan fingerprint density at radius 1 is 0.808 bits per heavy atom. The van der Waals surface area contributed by atoms with Gasteiger partial charge in [0.2, 0.25) is 0 Å². The first kappa shape index (κ1) is 23.2. The molecule has 1 aromatic heterocycles.